The Morgan fingerprint density at radius 3 is 2.68 bits per heavy atom. The number of piperidine rings is 1. The number of aromatic nitrogens is 2. The standard InChI is InChI=1S/C26H27ClFN5O5/c27-19-11-16(1-2-20(19)28)31-24-18-12-22(23(13-21(18)29-15-30-24)38-17-3-8-35-14-17)32-25(34)33-6-4-26(5-7-33)36-9-10-37-26/h1-2,11-13,15,17H,3-10,14H2,(H,32,34)(H,29,30,31)/t17-/m0/s1. The maximum absolute atomic E-state index is 13.6. The fraction of sp³-hybridized carbons (Fsp3) is 0.423. The van der Waals surface area contributed by atoms with Crippen molar-refractivity contribution in [2.75, 3.05) is 50.2 Å². The Morgan fingerprint density at radius 1 is 1.13 bits per heavy atom. The third-order valence-corrected chi connectivity index (χ3v) is 7.26. The lowest BCUT2D eigenvalue weighted by Gasteiger charge is -2.37. The molecule has 38 heavy (non-hydrogen) atoms. The van der Waals surface area contributed by atoms with Crippen molar-refractivity contribution in [3.8, 4) is 5.75 Å². The van der Waals surface area contributed by atoms with Crippen LogP contribution in [0.5, 0.6) is 5.75 Å². The summed E-state index contributed by atoms with van der Waals surface area (Å²) in [5.41, 5.74) is 1.65. The molecule has 1 spiro atoms. The number of ether oxygens (including phenoxy) is 4. The van der Waals surface area contributed by atoms with E-state index in [0.717, 1.165) is 6.42 Å². The molecule has 1 atom stereocenters. The van der Waals surface area contributed by atoms with Crippen molar-refractivity contribution in [1.82, 2.24) is 14.9 Å². The molecular weight excluding hydrogens is 517 g/mol. The van der Waals surface area contributed by atoms with Crippen LogP contribution in [0.1, 0.15) is 19.3 Å². The molecule has 0 bridgehead atoms. The van der Waals surface area contributed by atoms with E-state index in [1.54, 1.807) is 23.1 Å². The van der Waals surface area contributed by atoms with Crippen LogP contribution in [-0.4, -0.2) is 72.3 Å². The number of rotatable bonds is 5. The van der Waals surface area contributed by atoms with Gasteiger partial charge in [-0.2, -0.15) is 0 Å². The summed E-state index contributed by atoms with van der Waals surface area (Å²) in [6.07, 6.45) is 3.27. The van der Waals surface area contributed by atoms with E-state index in [1.807, 2.05) is 0 Å². The normalized spacial score (nSPS) is 20.7. The van der Waals surface area contributed by atoms with Crippen molar-refractivity contribution >= 4 is 45.7 Å². The average Bonchev–Trinajstić information content (AvgIpc) is 3.60. The molecule has 2 amide bonds. The van der Waals surface area contributed by atoms with Gasteiger partial charge in [0.15, 0.2) is 5.79 Å². The van der Waals surface area contributed by atoms with Gasteiger partial charge < -0.3 is 34.5 Å². The predicted molar refractivity (Wildman–Crippen MR) is 139 cm³/mol. The minimum Gasteiger partial charge on any atom is -0.486 e. The molecule has 3 fully saturated rings. The van der Waals surface area contributed by atoms with E-state index in [2.05, 4.69) is 20.6 Å². The number of anilines is 3. The number of halogens is 2. The Morgan fingerprint density at radius 2 is 1.95 bits per heavy atom. The van der Waals surface area contributed by atoms with Gasteiger partial charge in [-0.25, -0.2) is 19.2 Å². The maximum Gasteiger partial charge on any atom is 0.321 e. The van der Waals surface area contributed by atoms with Crippen LogP contribution in [0.3, 0.4) is 0 Å². The highest BCUT2D eigenvalue weighted by atomic mass is 35.5. The van der Waals surface area contributed by atoms with Crippen molar-refractivity contribution in [1.29, 1.82) is 0 Å². The number of carbonyl (C=O) groups is 1. The van der Waals surface area contributed by atoms with Crippen molar-refractivity contribution in [3.63, 3.8) is 0 Å². The Balaban J connectivity index is 1.28. The summed E-state index contributed by atoms with van der Waals surface area (Å²) in [7, 11) is 0. The van der Waals surface area contributed by atoms with Gasteiger partial charge in [0.1, 0.15) is 29.8 Å². The van der Waals surface area contributed by atoms with E-state index in [-0.39, 0.29) is 17.2 Å². The van der Waals surface area contributed by atoms with Crippen LogP contribution in [0.2, 0.25) is 5.02 Å². The van der Waals surface area contributed by atoms with E-state index in [4.69, 9.17) is 30.5 Å². The second kappa shape index (κ2) is 10.5. The second-order valence-corrected chi connectivity index (χ2v) is 9.88. The molecule has 3 aliphatic rings. The summed E-state index contributed by atoms with van der Waals surface area (Å²) < 4.78 is 36.9. The number of benzene rings is 2. The molecule has 4 heterocycles. The van der Waals surface area contributed by atoms with Crippen LogP contribution in [0.15, 0.2) is 36.7 Å². The number of nitrogens with zero attached hydrogens (tertiary/aromatic N) is 3. The Bertz CT molecular complexity index is 1340. The third kappa shape index (κ3) is 5.19. The van der Waals surface area contributed by atoms with Crippen LogP contribution in [-0.2, 0) is 14.2 Å². The number of carbonyl (C=O) groups excluding carboxylic acids is 1. The molecule has 6 rings (SSSR count). The quantitative estimate of drug-likeness (QED) is 0.477. The smallest absolute Gasteiger partial charge is 0.321 e. The van der Waals surface area contributed by atoms with Crippen LogP contribution < -0.4 is 15.4 Å². The lowest BCUT2D eigenvalue weighted by Crippen LogP contribution is -2.48. The first-order chi connectivity index (χ1) is 18.5. The van der Waals surface area contributed by atoms with E-state index < -0.39 is 11.6 Å². The van der Waals surface area contributed by atoms with Gasteiger partial charge in [-0.3, -0.25) is 0 Å². The van der Waals surface area contributed by atoms with Crippen molar-refractivity contribution in [2.24, 2.45) is 0 Å². The van der Waals surface area contributed by atoms with Crippen LogP contribution in [0, 0.1) is 5.82 Å². The SMILES string of the molecule is O=C(Nc1cc2c(Nc3ccc(F)c(Cl)c3)ncnc2cc1O[C@H]1CCOC1)N1CCC2(CC1)OCCO2. The highest BCUT2D eigenvalue weighted by Crippen LogP contribution is 2.36. The Labute approximate surface area is 223 Å². The summed E-state index contributed by atoms with van der Waals surface area (Å²) in [6, 6.07) is 7.63. The molecular formula is C26H27ClFN5O5. The molecule has 0 aliphatic carbocycles. The van der Waals surface area contributed by atoms with E-state index >= 15 is 0 Å². The molecule has 12 heteroatoms. The van der Waals surface area contributed by atoms with Gasteiger partial charge >= 0.3 is 6.03 Å². The summed E-state index contributed by atoms with van der Waals surface area (Å²) in [4.78, 5) is 23.8. The van der Waals surface area contributed by atoms with Gasteiger partial charge in [0, 0.05) is 49.5 Å². The number of likely N-dealkylation sites (tertiary alicyclic amines) is 1. The van der Waals surface area contributed by atoms with Crippen molar-refractivity contribution < 1.29 is 28.1 Å². The Hall–Kier alpha value is -3.25. The first-order valence-corrected chi connectivity index (χ1v) is 12.9. The Kier molecular flexibility index (Phi) is 6.91. The largest absolute Gasteiger partial charge is 0.486 e. The first kappa shape index (κ1) is 25.1. The van der Waals surface area contributed by atoms with Gasteiger partial charge in [0.2, 0.25) is 0 Å². The number of urea groups is 1. The van der Waals surface area contributed by atoms with Gasteiger partial charge in [0.05, 0.1) is 42.7 Å². The second-order valence-electron chi connectivity index (χ2n) is 9.47. The first-order valence-electron chi connectivity index (χ1n) is 12.6. The van der Waals surface area contributed by atoms with Crippen LogP contribution >= 0.6 is 11.6 Å². The molecule has 10 nitrogen and oxygen atoms in total. The molecule has 2 N–H and O–H groups in total. The molecule has 3 saturated heterocycles. The molecule has 0 unspecified atom stereocenters. The highest BCUT2D eigenvalue weighted by Gasteiger charge is 2.41. The lowest BCUT2D eigenvalue weighted by atomic mass is 10.0. The third-order valence-electron chi connectivity index (χ3n) is 6.97. The van der Waals surface area contributed by atoms with Gasteiger partial charge in [-0.15, -0.1) is 0 Å². The van der Waals surface area contributed by atoms with Gasteiger partial charge in [0.25, 0.3) is 0 Å². The molecule has 200 valence electrons. The minimum atomic E-state index is -0.572. The fourth-order valence-corrected chi connectivity index (χ4v) is 5.09. The summed E-state index contributed by atoms with van der Waals surface area (Å²) in [5.74, 6) is -0.120. The number of hydrogen-bond acceptors (Lipinski definition) is 8. The number of nitrogens with one attached hydrogen (secondary N) is 2. The summed E-state index contributed by atoms with van der Waals surface area (Å²) in [5, 5.41) is 6.82. The van der Waals surface area contributed by atoms with Crippen molar-refractivity contribution in [3.05, 3.63) is 47.5 Å². The molecule has 0 radical (unpaired) electrons. The summed E-state index contributed by atoms with van der Waals surface area (Å²) >= 11 is 5.95. The zero-order chi connectivity index (χ0) is 26.1. The predicted octanol–water partition coefficient (Wildman–Crippen LogP) is 4.70. The van der Waals surface area contributed by atoms with Crippen LogP contribution in [0.25, 0.3) is 10.9 Å². The fourth-order valence-electron chi connectivity index (χ4n) is 4.91. The highest BCUT2D eigenvalue weighted by molar-refractivity contribution is 6.31. The van der Waals surface area contributed by atoms with E-state index in [0.29, 0.717) is 86.2 Å². The number of amides is 2. The molecule has 0 saturated carbocycles. The zero-order valence-electron chi connectivity index (χ0n) is 20.5. The topological polar surface area (TPSA) is 107 Å². The van der Waals surface area contributed by atoms with Crippen molar-refractivity contribution in [2.45, 2.75) is 31.2 Å². The number of fused-ring (bicyclic) bond motifs is 1. The van der Waals surface area contributed by atoms with Crippen LogP contribution in [0.4, 0.5) is 26.4 Å². The van der Waals surface area contributed by atoms with E-state index in [9.17, 15) is 9.18 Å². The summed E-state index contributed by atoms with van der Waals surface area (Å²) in [6.45, 7) is 3.27. The van der Waals surface area contributed by atoms with Gasteiger partial charge in [-0.1, -0.05) is 11.6 Å². The maximum atomic E-state index is 13.6. The molecule has 1 aromatic heterocycles. The molecule has 2 aromatic carbocycles. The monoisotopic (exact) mass is 543 g/mol. The lowest BCUT2D eigenvalue weighted by molar-refractivity contribution is -0.181. The number of hydrogen-bond donors (Lipinski definition) is 2. The van der Waals surface area contributed by atoms with E-state index in [1.165, 1.54) is 18.5 Å². The average molecular weight is 544 g/mol. The van der Waals surface area contributed by atoms with Gasteiger partial charge in [-0.05, 0) is 24.3 Å². The zero-order valence-corrected chi connectivity index (χ0v) is 21.3. The minimum absolute atomic E-state index is 0.00695. The molecule has 3 aliphatic heterocycles. The molecule has 3 aromatic rings.